The average Bonchev–Trinajstić information content (AvgIpc) is 3.38. The molecule has 0 saturated carbocycles. The van der Waals surface area contributed by atoms with E-state index in [-0.39, 0.29) is 23.0 Å². The number of hydrogen-bond donors (Lipinski definition) is 4. The minimum absolute atomic E-state index is 0.157. The lowest BCUT2D eigenvalue weighted by Crippen LogP contribution is -2.39. The first-order valence-electron chi connectivity index (χ1n) is 22.6. The Morgan fingerprint density at radius 2 is 0.672 bits per heavy atom. The van der Waals surface area contributed by atoms with Gasteiger partial charge in [0.05, 0.1) is 0 Å². The first kappa shape index (κ1) is 42.4. The summed E-state index contributed by atoms with van der Waals surface area (Å²) in [6, 6.07) is 82.5. The van der Waals surface area contributed by atoms with Crippen molar-refractivity contribution in [3.8, 4) is 78.6 Å². The van der Waals surface area contributed by atoms with Gasteiger partial charge in [-0.25, -0.2) is 0 Å². The molecule has 0 spiro atoms. The van der Waals surface area contributed by atoms with E-state index in [2.05, 4.69) is 72.8 Å². The molecule has 10 aromatic rings. The van der Waals surface area contributed by atoms with Gasteiger partial charge in [0.25, 0.3) is 0 Å². The Morgan fingerprint density at radius 3 is 1.15 bits per heavy atom. The highest BCUT2D eigenvalue weighted by Crippen LogP contribution is 2.55. The van der Waals surface area contributed by atoms with Crippen LogP contribution in [0.1, 0.15) is 33.7 Å². The van der Waals surface area contributed by atoms with E-state index in [1.165, 1.54) is 0 Å². The number of benzene rings is 10. The minimum Gasteiger partial charge on any atom is -0.507 e. The zero-order valence-electron chi connectivity index (χ0n) is 36.7. The van der Waals surface area contributed by atoms with E-state index in [9.17, 15) is 20.4 Å². The Balaban J connectivity index is 1.36. The predicted octanol–water partition coefficient (Wildman–Crippen LogP) is 15.2. The zero-order valence-corrected chi connectivity index (χ0v) is 36.7. The molecule has 10 rings (SSSR count). The van der Waals surface area contributed by atoms with Crippen LogP contribution in [-0.2, 0) is 11.8 Å². The number of phenolic OH excluding ortho intramolecular Hbond substituents is 4. The quantitative estimate of drug-likeness (QED) is 0.0986. The van der Waals surface area contributed by atoms with Crippen molar-refractivity contribution in [2.75, 3.05) is 0 Å². The third kappa shape index (κ3) is 8.33. The Kier molecular flexibility index (Phi) is 11.7. The van der Waals surface area contributed by atoms with E-state index in [1.807, 2.05) is 152 Å². The predicted molar refractivity (Wildman–Crippen MR) is 272 cm³/mol. The third-order valence-corrected chi connectivity index (χ3v) is 13.1. The fraction of sp³-hybridized carbons (Fsp3) is 0.0476. The van der Waals surface area contributed by atoms with E-state index < -0.39 is 11.3 Å². The normalized spacial score (nSPS) is 11.8. The van der Waals surface area contributed by atoms with Crippen LogP contribution in [0.2, 0.25) is 0 Å². The second-order valence-electron chi connectivity index (χ2n) is 17.1. The van der Waals surface area contributed by atoms with Crippen LogP contribution in [0.3, 0.4) is 0 Å². The molecule has 324 valence electrons. The van der Waals surface area contributed by atoms with E-state index in [0.717, 1.165) is 61.2 Å². The maximum absolute atomic E-state index is 11.8. The van der Waals surface area contributed by atoms with Crippen LogP contribution in [0, 0.1) is 0 Å². The lowest BCUT2D eigenvalue weighted by atomic mass is 9.57. The summed E-state index contributed by atoms with van der Waals surface area (Å²) in [6.07, 6.45) is 0.483. The third-order valence-electron chi connectivity index (χ3n) is 13.1. The largest absolute Gasteiger partial charge is 0.507 e. The molecule has 0 aliphatic rings. The summed E-state index contributed by atoms with van der Waals surface area (Å²) in [6.45, 7) is 0. The van der Waals surface area contributed by atoms with E-state index in [4.69, 9.17) is 0 Å². The number of rotatable bonds is 12. The Morgan fingerprint density at radius 1 is 0.299 bits per heavy atom. The molecule has 0 aliphatic heterocycles. The lowest BCUT2D eigenvalue weighted by molar-refractivity contribution is 0.442. The highest BCUT2D eigenvalue weighted by Gasteiger charge is 2.46. The van der Waals surface area contributed by atoms with Gasteiger partial charge in [-0.2, -0.15) is 0 Å². The highest BCUT2D eigenvalue weighted by molar-refractivity contribution is 5.81. The van der Waals surface area contributed by atoms with E-state index in [0.29, 0.717) is 28.7 Å². The number of hydrogen-bond acceptors (Lipinski definition) is 4. The Labute approximate surface area is 391 Å². The van der Waals surface area contributed by atoms with Crippen LogP contribution in [0.15, 0.2) is 249 Å². The minimum atomic E-state index is -1.00. The van der Waals surface area contributed by atoms with Crippen LogP contribution in [0.25, 0.3) is 55.6 Å². The summed E-state index contributed by atoms with van der Waals surface area (Å²) >= 11 is 0. The molecule has 4 heteroatoms. The monoisotopic (exact) mass is 868 g/mol. The average molecular weight is 869 g/mol. The molecule has 10 aromatic carbocycles. The summed E-state index contributed by atoms with van der Waals surface area (Å²) in [5.41, 5.74) is 12.0. The fourth-order valence-corrected chi connectivity index (χ4v) is 9.92. The molecule has 0 radical (unpaired) electrons. The van der Waals surface area contributed by atoms with Gasteiger partial charge in [0.2, 0.25) is 0 Å². The molecule has 0 saturated heterocycles. The van der Waals surface area contributed by atoms with Crippen molar-refractivity contribution in [1.29, 1.82) is 0 Å². The maximum atomic E-state index is 11.8. The summed E-state index contributed by atoms with van der Waals surface area (Å²) in [5.74, 6) is 0.147. The van der Waals surface area contributed by atoms with Crippen molar-refractivity contribution >= 4 is 0 Å². The maximum Gasteiger partial charge on any atom is 0.123 e. The van der Waals surface area contributed by atoms with Gasteiger partial charge in [0.15, 0.2) is 0 Å². The van der Waals surface area contributed by atoms with Gasteiger partial charge in [-0.1, -0.05) is 200 Å². The highest BCUT2D eigenvalue weighted by atomic mass is 16.3. The molecular weight excluding hydrogens is 821 g/mol. The van der Waals surface area contributed by atoms with Gasteiger partial charge in [-0.15, -0.1) is 0 Å². The number of aromatic hydroxyl groups is 4. The van der Waals surface area contributed by atoms with E-state index in [1.54, 1.807) is 24.3 Å². The molecule has 0 bridgehead atoms. The molecule has 0 aliphatic carbocycles. The van der Waals surface area contributed by atoms with Gasteiger partial charge in [0.1, 0.15) is 23.0 Å². The molecule has 0 aromatic heterocycles. The molecule has 4 nitrogen and oxygen atoms in total. The topological polar surface area (TPSA) is 80.9 Å². The van der Waals surface area contributed by atoms with Gasteiger partial charge < -0.3 is 20.4 Å². The molecule has 0 heterocycles. The molecule has 0 amide bonds. The van der Waals surface area contributed by atoms with Gasteiger partial charge >= 0.3 is 0 Å². The Hall–Kier alpha value is -8.60. The van der Waals surface area contributed by atoms with Crippen molar-refractivity contribution in [2.45, 2.75) is 17.8 Å². The van der Waals surface area contributed by atoms with Gasteiger partial charge in [-0.05, 0) is 116 Å². The van der Waals surface area contributed by atoms with Crippen LogP contribution in [-0.4, -0.2) is 20.4 Å². The summed E-state index contributed by atoms with van der Waals surface area (Å²) in [4.78, 5) is 0. The SMILES string of the molecule is Oc1ccc(-c2ccccc2C(c2ccc(O)c(-c3ccccc3)c2)C(Cc2ccccc2)(c2ccc(O)c(-c3ccccc3)c2)c2ccc(O)c(-c3ccccc3)c2)cc1-c1ccccc1. The fourth-order valence-electron chi connectivity index (χ4n) is 9.92. The molecule has 1 unspecified atom stereocenters. The summed E-state index contributed by atoms with van der Waals surface area (Å²) in [5, 5.41) is 46.6. The molecule has 0 fully saturated rings. The number of phenols is 4. The van der Waals surface area contributed by atoms with Crippen molar-refractivity contribution in [1.82, 2.24) is 0 Å². The first-order chi connectivity index (χ1) is 32.9. The lowest BCUT2D eigenvalue weighted by Gasteiger charge is -2.44. The zero-order chi connectivity index (χ0) is 45.7. The van der Waals surface area contributed by atoms with Crippen LogP contribution < -0.4 is 0 Å². The Bertz CT molecular complexity index is 3210. The summed E-state index contributed by atoms with van der Waals surface area (Å²) < 4.78 is 0. The van der Waals surface area contributed by atoms with Crippen LogP contribution in [0.4, 0.5) is 0 Å². The molecule has 1 atom stereocenters. The second-order valence-corrected chi connectivity index (χ2v) is 17.1. The van der Waals surface area contributed by atoms with Gasteiger partial charge in [-0.3, -0.25) is 0 Å². The molecular formula is C63H48O4. The van der Waals surface area contributed by atoms with Crippen molar-refractivity contribution in [3.05, 3.63) is 277 Å². The van der Waals surface area contributed by atoms with E-state index >= 15 is 0 Å². The van der Waals surface area contributed by atoms with Crippen molar-refractivity contribution in [2.24, 2.45) is 0 Å². The van der Waals surface area contributed by atoms with Crippen molar-refractivity contribution < 1.29 is 20.4 Å². The standard InChI is InChI=1S/C63H48O4/c64-58-34-30-48(38-54(58)44-20-8-2-9-21-44)52-28-16-17-29-53(52)62(49-31-35-59(65)55(39-49)45-22-10-3-11-23-45)63(42-43-18-6-1-7-19-43,50-32-36-60(66)56(40-50)46-24-12-4-13-25-46)51-33-37-61(67)57(41-51)47-26-14-5-15-27-47/h1-41,62,64-67H,42H2. The molecule has 67 heavy (non-hydrogen) atoms. The first-order valence-corrected chi connectivity index (χ1v) is 22.6. The van der Waals surface area contributed by atoms with Crippen LogP contribution in [0.5, 0.6) is 23.0 Å². The van der Waals surface area contributed by atoms with Gasteiger partial charge in [0, 0.05) is 33.6 Å². The summed E-state index contributed by atoms with van der Waals surface area (Å²) in [7, 11) is 0. The van der Waals surface area contributed by atoms with Crippen molar-refractivity contribution in [3.63, 3.8) is 0 Å². The second kappa shape index (κ2) is 18.5. The molecule has 4 N–H and O–H groups in total. The van der Waals surface area contributed by atoms with Crippen LogP contribution >= 0.6 is 0 Å². The smallest absolute Gasteiger partial charge is 0.123 e.